The summed E-state index contributed by atoms with van der Waals surface area (Å²) < 4.78 is 29.2. The van der Waals surface area contributed by atoms with E-state index in [1.54, 1.807) is 31.4 Å². The van der Waals surface area contributed by atoms with Crippen molar-refractivity contribution < 1.29 is 17.9 Å². The molecule has 0 aliphatic rings. The standard InChI is InChI=1S/C14H20N2O4S/c1-4-10-16(21(3,18)19)11-9-15-14(17)12-5-7-13(20-2)8-6-12/h4-8H,1,9-11H2,2-3H3,(H,15,17). The fourth-order valence-corrected chi connectivity index (χ4v) is 2.47. The number of benzene rings is 1. The Hall–Kier alpha value is -1.86. The smallest absolute Gasteiger partial charge is 0.251 e. The lowest BCUT2D eigenvalue weighted by molar-refractivity contribution is 0.0952. The highest BCUT2D eigenvalue weighted by Crippen LogP contribution is 2.10. The van der Waals surface area contributed by atoms with Crippen LogP contribution in [0, 0.1) is 0 Å². The zero-order valence-corrected chi connectivity index (χ0v) is 13.0. The lowest BCUT2D eigenvalue weighted by atomic mass is 10.2. The molecule has 0 aliphatic carbocycles. The molecule has 1 aromatic carbocycles. The zero-order valence-electron chi connectivity index (χ0n) is 12.2. The van der Waals surface area contributed by atoms with E-state index in [1.165, 1.54) is 10.4 Å². The summed E-state index contributed by atoms with van der Waals surface area (Å²) in [4.78, 5) is 11.9. The second-order valence-electron chi connectivity index (χ2n) is 4.39. The third kappa shape index (κ3) is 5.57. The molecule has 1 aromatic rings. The molecule has 0 fully saturated rings. The first-order chi connectivity index (χ1) is 9.88. The Kier molecular flexibility index (Phi) is 6.39. The van der Waals surface area contributed by atoms with Gasteiger partial charge in [-0.15, -0.1) is 6.58 Å². The minimum absolute atomic E-state index is 0.201. The van der Waals surface area contributed by atoms with Gasteiger partial charge in [0.25, 0.3) is 5.91 Å². The molecular weight excluding hydrogens is 292 g/mol. The zero-order chi connectivity index (χ0) is 15.9. The Balaban J connectivity index is 2.53. The molecule has 116 valence electrons. The van der Waals surface area contributed by atoms with Gasteiger partial charge in [-0.25, -0.2) is 8.42 Å². The summed E-state index contributed by atoms with van der Waals surface area (Å²) in [5.74, 6) is 0.408. The highest BCUT2D eigenvalue weighted by Gasteiger charge is 2.15. The summed E-state index contributed by atoms with van der Waals surface area (Å²) in [6, 6.07) is 6.67. The molecule has 0 saturated heterocycles. The van der Waals surface area contributed by atoms with Gasteiger partial charge in [0.1, 0.15) is 5.75 Å². The summed E-state index contributed by atoms with van der Waals surface area (Å²) >= 11 is 0. The number of rotatable bonds is 8. The highest BCUT2D eigenvalue weighted by molar-refractivity contribution is 7.88. The van der Waals surface area contributed by atoms with Crippen molar-refractivity contribution in [3.05, 3.63) is 42.5 Å². The monoisotopic (exact) mass is 312 g/mol. The van der Waals surface area contributed by atoms with Crippen molar-refractivity contribution in [3.63, 3.8) is 0 Å². The minimum Gasteiger partial charge on any atom is -0.497 e. The maximum Gasteiger partial charge on any atom is 0.251 e. The number of carbonyl (C=O) groups is 1. The van der Waals surface area contributed by atoms with Gasteiger partial charge < -0.3 is 10.1 Å². The third-order valence-corrected chi connectivity index (χ3v) is 4.07. The minimum atomic E-state index is -3.30. The first kappa shape index (κ1) is 17.2. The van der Waals surface area contributed by atoms with Crippen LogP contribution in [0.1, 0.15) is 10.4 Å². The Labute approximate surface area is 125 Å². The van der Waals surface area contributed by atoms with E-state index in [0.717, 1.165) is 6.26 Å². The summed E-state index contributed by atoms with van der Waals surface area (Å²) in [6.45, 7) is 4.16. The van der Waals surface area contributed by atoms with Gasteiger partial charge >= 0.3 is 0 Å². The van der Waals surface area contributed by atoms with Crippen molar-refractivity contribution in [2.24, 2.45) is 0 Å². The molecular formula is C14H20N2O4S. The van der Waals surface area contributed by atoms with Gasteiger partial charge in [0.05, 0.1) is 13.4 Å². The molecule has 0 spiro atoms. The van der Waals surface area contributed by atoms with Crippen LogP contribution in [0.25, 0.3) is 0 Å². The number of amides is 1. The maximum atomic E-state index is 11.9. The van der Waals surface area contributed by atoms with Crippen molar-refractivity contribution in [1.82, 2.24) is 9.62 Å². The molecule has 0 heterocycles. The fourth-order valence-electron chi connectivity index (χ4n) is 1.68. The van der Waals surface area contributed by atoms with Crippen molar-refractivity contribution in [1.29, 1.82) is 0 Å². The Morgan fingerprint density at radius 2 is 2.00 bits per heavy atom. The van der Waals surface area contributed by atoms with Crippen LogP contribution in [-0.4, -0.2) is 51.6 Å². The molecule has 0 saturated carbocycles. The van der Waals surface area contributed by atoms with E-state index in [4.69, 9.17) is 4.74 Å². The predicted molar refractivity (Wildman–Crippen MR) is 81.9 cm³/mol. The third-order valence-electron chi connectivity index (χ3n) is 2.80. The number of methoxy groups -OCH3 is 1. The van der Waals surface area contributed by atoms with Crippen LogP contribution >= 0.6 is 0 Å². The average Bonchev–Trinajstić information content (AvgIpc) is 2.45. The molecule has 0 aliphatic heterocycles. The molecule has 0 radical (unpaired) electrons. The van der Waals surface area contributed by atoms with Crippen LogP contribution in [-0.2, 0) is 10.0 Å². The lowest BCUT2D eigenvalue weighted by Crippen LogP contribution is -2.38. The molecule has 1 rings (SSSR count). The van der Waals surface area contributed by atoms with Crippen LogP contribution in [0.5, 0.6) is 5.75 Å². The molecule has 0 unspecified atom stereocenters. The first-order valence-corrected chi connectivity index (χ1v) is 8.21. The Bertz CT molecular complexity index is 581. The number of sulfonamides is 1. The number of hydrogen-bond donors (Lipinski definition) is 1. The van der Waals surface area contributed by atoms with Crippen LogP contribution in [0.4, 0.5) is 0 Å². The largest absolute Gasteiger partial charge is 0.497 e. The topological polar surface area (TPSA) is 75.7 Å². The van der Waals surface area contributed by atoms with Gasteiger partial charge in [-0.05, 0) is 24.3 Å². The summed E-state index contributed by atoms with van der Waals surface area (Å²) in [5.41, 5.74) is 0.491. The fraction of sp³-hybridized carbons (Fsp3) is 0.357. The van der Waals surface area contributed by atoms with Crippen molar-refractivity contribution in [3.8, 4) is 5.75 Å². The molecule has 6 nitrogen and oxygen atoms in total. The van der Waals surface area contributed by atoms with E-state index < -0.39 is 10.0 Å². The second-order valence-corrected chi connectivity index (χ2v) is 6.38. The van der Waals surface area contributed by atoms with Crippen molar-refractivity contribution >= 4 is 15.9 Å². The van der Waals surface area contributed by atoms with Gasteiger partial charge in [-0.2, -0.15) is 4.31 Å². The first-order valence-electron chi connectivity index (χ1n) is 6.36. The number of nitrogens with one attached hydrogen (secondary N) is 1. The van der Waals surface area contributed by atoms with Crippen LogP contribution in [0.15, 0.2) is 36.9 Å². The van der Waals surface area contributed by atoms with E-state index in [9.17, 15) is 13.2 Å². The number of nitrogens with zero attached hydrogens (tertiary/aromatic N) is 1. The second kappa shape index (κ2) is 7.80. The highest BCUT2D eigenvalue weighted by atomic mass is 32.2. The average molecular weight is 312 g/mol. The molecule has 7 heteroatoms. The van der Waals surface area contributed by atoms with E-state index in [1.807, 2.05) is 0 Å². The summed E-state index contributed by atoms with van der Waals surface area (Å²) in [5, 5.41) is 2.68. The molecule has 0 aromatic heterocycles. The number of hydrogen-bond acceptors (Lipinski definition) is 4. The van der Waals surface area contributed by atoms with Crippen molar-refractivity contribution in [2.75, 3.05) is 33.0 Å². The SMILES string of the molecule is C=CCN(CCNC(=O)c1ccc(OC)cc1)S(C)(=O)=O. The molecule has 0 bridgehead atoms. The van der Waals surface area contributed by atoms with Crippen molar-refractivity contribution in [2.45, 2.75) is 0 Å². The van der Waals surface area contributed by atoms with Gasteiger partial charge in [0.2, 0.25) is 10.0 Å². The molecule has 0 atom stereocenters. The van der Waals surface area contributed by atoms with Crippen LogP contribution < -0.4 is 10.1 Å². The Morgan fingerprint density at radius 3 is 2.48 bits per heavy atom. The van der Waals surface area contributed by atoms with E-state index in [-0.39, 0.29) is 25.5 Å². The van der Waals surface area contributed by atoms with Crippen LogP contribution in [0.2, 0.25) is 0 Å². The number of ether oxygens (including phenoxy) is 1. The maximum absolute atomic E-state index is 11.9. The normalized spacial score (nSPS) is 11.2. The van der Waals surface area contributed by atoms with E-state index in [0.29, 0.717) is 11.3 Å². The van der Waals surface area contributed by atoms with Gasteiger partial charge in [0, 0.05) is 25.2 Å². The molecule has 1 N–H and O–H groups in total. The lowest BCUT2D eigenvalue weighted by Gasteiger charge is -2.18. The molecule has 21 heavy (non-hydrogen) atoms. The molecule has 1 amide bonds. The summed E-state index contributed by atoms with van der Waals surface area (Å²) in [7, 11) is -1.75. The van der Waals surface area contributed by atoms with E-state index in [2.05, 4.69) is 11.9 Å². The predicted octanol–water partition coefficient (Wildman–Crippen LogP) is 0.873. The van der Waals surface area contributed by atoms with Crippen LogP contribution in [0.3, 0.4) is 0 Å². The number of carbonyl (C=O) groups excluding carboxylic acids is 1. The van der Waals surface area contributed by atoms with Gasteiger partial charge in [0.15, 0.2) is 0 Å². The summed E-state index contributed by atoms with van der Waals surface area (Å²) in [6.07, 6.45) is 2.63. The van der Waals surface area contributed by atoms with Gasteiger partial charge in [-0.1, -0.05) is 6.08 Å². The quantitative estimate of drug-likeness (QED) is 0.723. The van der Waals surface area contributed by atoms with E-state index >= 15 is 0 Å². The Morgan fingerprint density at radius 1 is 1.38 bits per heavy atom. The van der Waals surface area contributed by atoms with Gasteiger partial charge in [-0.3, -0.25) is 4.79 Å².